The molecule has 0 atom stereocenters. The molecule has 0 radical (unpaired) electrons. The molecule has 1 heterocycles. The van der Waals surface area contributed by atoms with Crippen molar-refractivity contribution in [3.05, 3.63) is 58.9 Å². The summed E-state index contributed by atoms with van der Waals surface area (Å²) in [7, 11) is 1.64. The topological polar surface area (TPSA) is 63.2 Å². The van der Waals surface area contributed by atoms with Crippen LogP contribution < -0.4 is 10.6 Å². The second kappa shape index (κ2) is 8.36. The number of ether oxygens (including phenoxy) is 1. The Morgan fingerprint density at radius 2 is 2.05 bits per heavy atom. The molecule has 0 spiro atoms. The lowest BCUT2D eigenvalue weighted by Gasteiger charge is -2.08. The van der Waals surface area contributed by atoms with Gasteiger partial charge in [0.25, 0.3) is 5.91 Å². The number of methoxy groups -OCH3 is 1. The monoisotopic (exact) mass is 319 g/mol. The summed E-state index contributed by atoms with van der Waals surface area (Å²) in [5.41, 5.74) is 2.19. The number of nitrogens with zero attached hydrogens (tertiary/aromatic N) is 1. The molecule has 0 saturated carbocycles. The average Bonchev–Trinajstić information content (AvgIpc) is 2.54. The third kappa shape index (κ3) is 5.02. The number of hydrogen-bond acceptors (Lipinski definition) is 4. The Balaban J connectivity index is 1.91. The Labute approximate surface area is 134 Å². The van der Waals surface area contributed by atoms with E-state index in [2.05, 4.69) is 15.6 Å². The zero-order chi connectivity index (χ0) is 15.8. The summed E-state index contributed by atoms with van der Waals surface area (Å²) in [5.74, 6) is -0.217. The Bertz CT molecular complexity index is 617. The van der Waals surface area contributed by atoms with E-state index in [-0.39, 0.29) is 5.91 Å². The number of carbonyl (C=O) groups is 1. The highest BCUT2D eigenvalue weighted by Crippen LogP contribution is 2.10. The van der Waals surface area contributed by atoms with E-state index in [1.807, 2.05) is 18.2 Å². The van der Waals surface area contributed by atoms with Crippen LogP contribution in [0.2, 0.25) is 5.02 Å². The van der Waals surface area contributed by atoms with E-state index in [0.717, 1.165) is 11.3 Å². The molecule has 1 amide bonds. The number of anilines is 1. The van der Waals surface area contributed by atoms with Crippen molar-refractivity contribution in [1.82, 2.24) is 10.3 Å². The highest BCUT2D eigenvalue weighted by atomic mass is 35.5. The zero-order valence-corrected chi connectivity index (χ0v) is 13.1. The van der Waals surface area contributed by atoms with E-state index in [1.165, 1.54) is 0 Å². The first-order valence-corrected chi connectivity index (χ1v) is 7.28. The lowest BCUT2D eigenvalue weighted by molar-refractivity contribution is 0.0946. The average molecular weight is 320 g/mol. The maximum absolute atomic E-state index is 12.1. The Hall–Kier alpha value is -2.11. The lowest BCUT2D eigenvalue weighted by atomic mass is 10.2. The van der Waals surface area contributed by atoms with Gasteiger partial charge in [0.1, 0.15) is 5.69 Å². The number of aromatic nitrogens is 1. The van der Waals surface area contributed by atoms with Crippen LogP contribution in [0, 0.1) is 0 Å². The maximum Gasteiger partial charge on any atom is 0.270 e. The predicted molar refractivity (Wildman–Crippen MR) is 87.2 cm³/mol. The molecular formula is C16H18ClN3O2. The number of rotatable bonds is 7. The van der Waals surface area contributed by atoms with Gasteiger partial charge in [0.05, 0.1) is 6.61 Å². The number of carbonyl (C=O) groups excluding carboxylic acids is 1. The summed E-state index contributed by atoms with van der Waals surface area (Å²) in [6.45, 7) is 1.70. The van der Waals surface area contributed by atoms with E-state index in [9.17, 15) is 4.79 Å². The molecule has 0 bridgehead atoms. The summed E-state index contributed by atoms with van der Waals surface area (Å²) in [6, 6.07) is 10.9. The van der Waals surface area contributed by atoms with Gasteiger partial charge in [0.15, 0.2) is 0 Å². The number of halogens is 1. The molecule has 116 valence electrons. The predicted octanol–water partition coefficient (Wildman–Crippen LogP) is 2.72. The van der Waals surface area contributed by atoms with Gasteiger partial charge in [-0.25, -0.2) is 0 Å². The molecule has 1 aromatic carbocycles. The van der Waals surface area contributed by atoms with Crippen molar-refractivity contribution in [3.8, 4) is 0 Å². The van der Waals surface area contributed by atoms with Crippen LogP contribution in [0.1, 0.15) is 16.1 Å². The molecule has 22 heavy (non-hydrogen) atoms. The Morgan fingerprint density at radius 1 is 1.27 bits per heavy atom. The van der Waals surface area contributed by atoms with Crippen LogP contribution in [-0.4, -0.2) is 31.2 Å². The van der Waals surface area contributed by atoms with Gasteiger partial charge in [-0.15, -0.1) is 0 Å². The first-order valence-electron chi connectivity index (χ1n) is 6.90. The molecule has 0 aliphatic heterocycles. The van der Waals surface area contributed by atoms with Crippen LogP contribution in [0.4, 0.5) is 5.69 Å². The van der Waals surface area contributed by atoms with E-state index < -0.39 is 0 Å². The minimum absolute atomic E-state index is 0.217. The van der Waals surface area contributed by atoms with Crippen molar-refractivity contribution in [2.45, 2.75) is 6.54 Å². The molecule has 1 aromatic heterocycles. The SMILES string of the molecule is COCCNc1ccnc(C(=O)NCc2ccc(Cl)cc2)c1. The van der Waals surface area contributed by atoms with Gasteiger partial charge in [-0.1, -0.05) is 23.7 Å². The van der Waals surface area contributed by atoms with Crippen LogP contribution in [-0.2, 0) is 11.3 Å². The van der Waals surface area contributed by atoms with Gasteiger partial charge < -0.3 is 15.4 Å². The van der Waals surface area contributed by atoms with Gasteiger partial charge in [-0.05, 0) is 29.8 Å². The number of nitrogens with one attached hydrogen (secondary N) is 2. The van der Waals surface area contributed by atoms with Crippen molar-refractivity contribution in [1.29, 1.82) is 0 Å². The van der Waals surface area contributed by atoms with Crippen molar-refractivity contribution in [3.63, 3.8) is 0 Å². The van der Waals surface area contributed by atoms with Crippen LogP contribution >= 0.6 is 11.6 Å². The van der Waals surface area contributed by atoms with Gasteiger partial charge in [0.2, 0.25) is 0 Å². The second-order valence-corrected chi connectivity index (χ2v) is 5.09. The van der Waals surface area contributed by atoms with Crippen molar-refractivity contribution in [2.24, 2.45) is 0 Å². The Kier molecular flexibility index (Phi) is 6.18. The van der Waals surface area contributed by atoms with Gasteiger partial charge in [-0.3, -0.25) is 9.78 Å². The minimum Gasteiger partial charge on any atom is -0.383 e. The minimum atomic E-state index is -0.217. The van der Waals surface area contributed by atoms with Gasteiger partial charge in [0, 0.05) is 37.1 Å². The standard InChI is InChI=1S/C16H18ClN3O2/c1-22-9-8-18-14-6-7-19-15(10-14)16(21)20-11-12-2-4-13(17)5-3-12/h2-7,10H,8-9,11H2,1H3,(H,18,19)(H,20,21). The number of pyridine rings is 1. The van der Waals surface area contributed by atoms with E-state index in [0.29, 0.717) is 30.4 Å². The van der Waals surface area contributed by atoms with Crippen LogP contribution in [0.25, 0.3) is 0 Å². The fourth-order valence-corrected chi connectivity index (χ4v) is 1.96. The summed E-state index contributed by atoms with van der Waals surface area (Å²) in [4.78, 5) is 16.2. The largest absolute Gasteiger partial charge is 0.383 e. The van der Waals surface area contributed by atoms with E-state index in [4.69, 9.17) is 16.3 Å². The van der Waals surface area contributed by atoms with E-state index >= 15 is 0 Å². The molecule has 0 unspecified atom stereocenters. The zero-order valence-electron chi connectivity index (χ0n) is 12.3. The summed E-state index contributed by atoms with van der Waals surface area (Å²) in [5, 5.41) is 6.67. The van der Waals surface area contributed by atoms with Crippen molar-refractivity contribution < 1.29 is 9.53 Å². The summed E-state index contributed by atoms with van der Waals surface area (Å²) >= 11 is 5.83. The fourth-order valence-electron chi connectivity index (χ4n) is 1.84. The quantitative estimate of drug-likeness (QED) is 0.770. The summed E-state index contributed by atoms with van der Waals surface area (Å²) < 4.78 is 4.97. The van der Waals surface area contributed by atoms with Crippen LogP contribution in [0.15, 0.2) is 42.6 Å². The number of benzene rings is 1. The maximum atomic E-state index is 12.1. The van der Waals surface area contributed by atoms with Crippen molar-refractivity contribution >= 4 is 23.2 Å². The first-order chi connectivity index (χ1) is 10.7. The summed E-state index contributed by atoms with van der Waals surface area (Å²) in [6.07, 6.45) is 1.60. The molecule has 0 aliphatic carbocycles. The van der Waals surface area contributed by atoms with Gasteiger partial charge in [-0.2, -0.15) is 0 Å². The van der Waals surface area contributed by atoms with E-state index in [1.54, 1.807) is 31.5 Å². The number of hydrogen-bond donors (Lipinski definition) is 2. The smallest absolute Gasteiger partial charge is 0.270 e. The molecule has 2 N–H and O–H groups in total. The third-order valence-corrected chi connectivity index (χ3v) is 3.25. The molecular weight excluding hydrogens is 302 g/mol. The third-order valence-electron chi connectivity index (χ3n) is 2.99. The molecule has 0 fully saturated rings. The molecule has 6 heteroatoms. The molecule has 0 aliphatic rings. The lowest BCUT2D eigenvalue weighted by Crippen LogP contribution is -2.24. The highest BCUT2D eigenvalue weighted by Gasteiger charge is 2.07. The van der Waals surface area contributed by atoms with Crippen molar-refractivity contribution in [2.75, 3.05) is 25.6 Å². The first kappa shape index (κ1) is 16.3. The molecule has 0 saturated heterocycles. The van der Waals surface area contributed by atoms with Crippen LogP contribution in [0.5, 0.6) is 0 Å². The highest BCUT2D eigenvalue weighted by molar-refractivity contribution is 6.30. The molecule has 2 aromatic rings. The van der Waals surface area contributed by atoms with Gasteiger partial charge >= 0.3 is 0 Å². The Morgan fingerprint density at radius 3 is 2.77 bits per heavy atom. The fraction of sp³-hybridized carbons (Fsp3) is 0.250. The normalized spacial score (nSPS) is 10.3. The number of amides is 1. The molecule has 5 nitrogen and oxygen atoms in total. The second-order valence-electron chi connectivity index (χ2n) is 4.66. The van der Waals surface area contributed by atoms with Crippen LogP contribution in [0.3, 0.4) is 0 Å². The molecule has 2 rings (SSSR count).